The van der Waals surface area contributed by atoms with Crippen LogP contribution >= 0.6 is 0 Å². The van der Waals surface area contributed by atoms with Gasteiger partial charge in [0.2, 0.25) is 0 Å². The van der Waals surface area contributed by atoms with Crippen LogP contribution < -0.4 is 0 Å². The van der Waals surface area contributed by atoms with Gasteiger partial charge in [0.1, 0.15) is 18.5 Å². The van der Waals surface area contributed by atoms with Crippen LogP contribution in [0, 0.1) is 0 Å². The standard InChI is InChI=1S/C18H23N7/c1-2-5-16(6-3-1)25-17(7-4-12-24-14-20-13-21-24)22-18(23-25)15-8-10-19-11-9-15/h8-11,13-14,16H,1-7,12H2. The van der Waals surface area contributed by atoms with Gasteiger partial charge in [-0.15, -0.1) is 0 Å². The van der Waals surface area contributed by atoms with Gasteiger partial charge in [-0.25, -0.2) is 14.6 Å². The highest BCUT2D eigenvalue weighted by molar-refractivity contribution is 5.53. The van der Waals surface area contributed by atoms with Crippen molar-refractivity contribution in [1.29, 1.82) is 0 Å². The Labute approximate surface area is 147 Å². The Morgan fingerprint density at radius 3 is 2.64 bits per heavy atom. The molecule has 1 aliphatic carbocycles. The fourth-order valence-corrected chi connectivity index (χ4v) is 3.51. The largest absolute Gasteiger partial charge is 0.265 e. The molecule has 1 saturated carbocycles. The Balaban J connectivity index is 1.55. The summed E-state index contributed by atoms with van der Waals surface area (Å²) in [5.41, 5.74) is 1.03. The molecule has 4 rings (SSSR count). The molecule has 130 valence electrons. The molecule has 0 radical (unpaired) electrons. The van der Waals surface area contributed by atoms with Crippen LogP contribution in [-0.2, 0) is 13.0 Å². The van der Waals surface area contributed by atoms with Crippen LogP contribution in [0.15, 0.2) is 37.2 Å². The first kappa shape index (κ1) is 15.9. The van der Waals surface area contributed by atoms with Crippen LogP contribution in [0.5, 0.6) is 0 Å². The lowest BCUT2D eigenvalue weighted by Gasteiger charge is -2.23. The summed E-state index contributed by atoms with van der Waals surface area (Å²) >= 11 is 0. The van der Waals surface area contributed by atoms with Crippen molar-refractivity contribution < 1.29 is 0 Å². The van der Waals surface area contributed by atoms with Gasteiger partial charge in [-0.3, -0.25) is 9.67 Å². The van der Waals surface area contributed by atoms with Crippen LogP contribution in [0.1, 0.15) is 50.4 Å². The molecule has 1 aliphatic rings. The first-order valence-corrected chi connectivity index (χ1v) is 9.08. The predicted octanol–water partition coefficient (Wildman–Crippen LogP) is 3.07. The Hall–Kier alpha value is -2.57. The number of hydrogen-bond acceptors (Lipinski definition) is 5. The third-order valence-corrected chi connectivity index (χ3v) is 4.82. The fourth-order valence-electron chi connectivity index (χ4n) is 3.51. The molecule has 0 aromatic carbocycles. The van der Waals surface area contributed by atoms with Crippen LogP contribution in [0.25, 0.3) is 11.4 Å². The molecule has 3 aromatic heterocycles. The van der Waals surface area contributed by atoms with E-state index in [-0.39, 0.29) is 0 Å². The second-order valence-corrected chi connectivity index (χ2v) is 6.59. The summed E-state index contributed by atoms with van der Waals surface area (Å²) in [6.07, 6.45) is 15.1. The summed E-state index contributed by atoms with van der Waals surface area (Å²) in [6.45, 7) is 0.849. The van der Waals surface area contributed by atoms with E-state index in [9.17, 15) is 0 Å². The molecule has 3 heterocycles. The lowest BCUT2D eigenvalue weighted by molar-refractivity contribution is 0.320. The maximum atomic E-state index is 4.86. The maximum Gasteiger partial charge on any atom is 0.181 e. The van der Waals surface area contributed by atoms with Crippen molar-refractivity contribution in [3.8, 4) is 11.4 Å². The Bertz CT molecular complexity index is 773. The van der Waals surface area contributed by atoms with Crippen molar-refractivity contribution in [1.82, 2.24) is 34.5 Å². The Morgan fingerprint density at radius 1 is 1.04 bits per heavy atom. The zero-order valence-electron chi connectivity index (χ0n) is 14.3. The van der Waals surface area contributed by atoms with E-state index >= 15 is 0 Å². The number of pyridine rings is 1. The van der Waals surface area contributed by atoms with Gasteiger partial charge in [0.05, 0.1) is 6.04 Å². The zero-order chi connectivity index (χ0) is 16.9. The van der Waals surface area contributed by atoms with Crippen molar-refractivity contribution in [3.05, 3.63) is 43.0 Å². The van der Waals surface area contributed by atoms with Crippen LogP contribution in [0.3, 0.4) is 0 Å². The van der Waals surface area contributed by atoms with Gasteiger partial charge < -0.3 is 0 Å². The minimum Gasteiger partial charge on any atom is -0.265 e. The van der Waals surface area contributed by atoms with Crippen LogP contribution in [0.2, 0.25) is 0 Å². The molecule has 0 amide bonds. The minimum atomic E-state index is 0.484. The smallest absolute Gasteiger partial charge is 0.181 e. The zero-order valence-corrected chi connectivity index (χ0v) is 14.3. The van der Waals surface area contributed by atoms with Gasteiger partial charge >= 0.3 is 0 Å². The predicted molar refractivity (Wildman–Crippen MR) is 93.7 cm³/mol. The average molecular weight is 337 g/mol. The fraction of sp³-hybridized carbons (Fsp3) is 0.500. The summed E-state index contributed by atoms with van der Waals surface area (Å²) < 4.78 is 4.06. The van der Waals surface area contributed by atoms with Gasteiger partial charge in [-0.05, 0) is 31.4 Å². The van der Waals surface area contributed by atoms with Gasteiger partial charge in [-0.2, -0.15) is 10.2 Å². The minimum absolute atomic E-state index is 0.484. The lowest BCUT2D eigenvalue weighted by Crippen LogP contribution is -2.17. The molecule has 0 saturated heterocycles. The van der Waals surface area contributed by atoms with Gasteiger partial charge in [0.15, 0.2) is 5.82 Å². The van der Waals surface area contributed by atoms with Crippen molar-refractivity contribution >= 4 is 0 Å². The summed E-state index contributed by atoms with van der Waals surface area (Å²) in [5, 5.41) is 9.03. The number of rotatable bonds is 6. The second-order valence-electron chi connectivity index (χ2n) is 6.59. The highest BCUT2D eigenvalue weighted by Gasteiger charge is 2.21. The van der Waals surface area contributed by atoms with Gasteiger partial charge in [0, 0.05) is 30.9 Å². The Kier molecular flexibility index (Phi) is 4.81. The van der Waals surface area contributed by atoms with E-state index in [0.29, 0.717) is 6.04 Å². The molecular formula is C18H23N7. The second kappa shape index (κ2) is 7.55. The third-order valence-electron chi connectivity index (χ3n) is 4.82. The SMILES string of the molecule is c1cc(-c2nc(CCCn3cncn3)n(C3CCCCC3)n2)ccn1. The van der Waals surface area contributed by atoms with Crippen LogP contribution in [-0.4, -0.2) is 34.5 Å². The topological polar surface area (TPSA) is 74.3 Å². The molecule has 0 bridgehead atoms. The molecule has 1 fully saturated rings. The average Bonchev–Trinajstić information content (AvgIpc) is 3.33. The molecule has 0 N–H and O–H groups in total. The first-order chi connectivity index (χ1) is 12.4. The first-order valence-electron chi connectivity index (χ1n) is 9.08. The van der Waals surface area contributed by atoms with Crippen molar-refractivity contribution in [2.24, 2.45) is 0 Å². The monoisotopic (exact) mass is 337 g/mol. The van der Waals surface area contributed by atoms with E-state index < -0.39 is 0 Å². The third kappa shape index (κ3) is 3.75. The molecule has 7 nitrogen and oxygen atoms in total. The van der Waals surface area contributed by atoms with E-state index in [1.165, 1.54) is 32.1 Å². The van der Waals surface area contributed by atoms with Gasteiger partial charge in [-0.1, -0.05) is 19.3 Å². The molecule has 0 atom stereocenters. The lowest BCUT2D eigenvalue weighted by atomic mass is 9.95. The highest BCUT2D eigenvalue weighted by Crippen LogP contribution is 2.29. The van der Waals surface area contributed by atoms with E-state index in [0.717, 1.165) is 36.6 Å². The summed E-state index contributed by atoms with van der Waals surface area (Å²) in [5.74, 6) is 1.89. The highest BCUT2D eigenvalue weighted by atomic mass is 15.4. The number of nitrogens with zero attached hydrogens (tertiary/aromatic N) is 7. The number of aromatic nitrogens is 7. The number of aryl methyl sites for hydroxylation is 2. The van der Waals surface area contributed by atoms with E-state index in [2.05, 4.69) is 19.7 Å². The van der Waals surface area contributed by atoms with Crippen molar-refractivity contribution in [2.75, 3.05) is 0 Å². The summed E-state index contributed by atoms with van der Waals surface area (Å²) in [4.78, 5) is 12.9. The van der Waals surface area contributed by atoms with Crippen molar-refractivity contribution in [2.45, 2.75) is 57.5 Å². The molecule has 0 spiro atoms. The Morgan fingerprint density at radius 2 is 1.88 bits per heavy atom. The quantitative estimate of drug-likeness (QED) is 0.691. The number of hydrogen-bond donors (Lipinski definition) is 0. The summed E-state index contributed by atoms with van der Waals surface area (Å²) in [6, 6.07) is 4.43. The van der Waals surface area contributed by atoms with Crippen molar-refractivity contribution in [3.63, 3.8) is 0 Å². The molecular weight excluding hydrogens is 314 g/mol. The van der Waals surface area contributed by atoms with E-state index in [1.54, 1.807) is 25.0 Å². The molecule has 7 heteroatoms. The molecule has 25 heavy (non-hydrogen) atoms. The van der Waals surface area contributed by atoms with Gasteiger partial charge in [0.25, 0.3) is 0 Å². The van der Waals surface area contributed by atoms with E-state index in [1.807, 2.05) is 16.8 Å². The molecule has 0 aliphatic heterocycles. The maximum absolute atomic E-state index is 4.86. The summed E-state index contributed by atoms with van der Waals surface area (Å²) in [7, 11) is 0. The van der Waals surface area contributed by atoms with E-state index in [4.69, 9.17) is 10.1 Å². The molecule has 3 aromatic rings. The van der Waals surface area contributed by atoms with Crippen LogP contribution in [0.4, 0.5) is 0 Å². The molecule has 0 unspecified atom stereocenters. The normalized spacial score (nSPS) is 15.5.